The molecule has 0 aliphatic carbocycles. The van der Waals surface area contributed by atoms with E-state index in [1.807, 2.05) is 53.8 Å². The fourth-order valence-corrected chi connectivity index (χ4v) is 8.77. The SMILES string of the molecule is N#Cc1ccc(-c2ccc3c(c2)c2ccc4sc5ccccc5c4c2n3-c2ccccc2)c(-n2c3ccccc3c3cc(C#N)ccc32)c1. The molecule has 3 heterocycles. The third-order valence-electron chi connectivity index (χ3n) is 9.76. The van der Waals surface area contributed by atoms with Crippen LogP contribution in [0.3, 0.4) is 0 Å². The van der Waals surface area contributed by atoms with Crippen LogP contribution in [0.25, 0.3) is 86.3 Å². The van der Waals surface area contributed by atoms with Crippen molar-refractivity contribution in [3.8, 4) is 34.6 Å². The summed E-state index contributed by atoms with van der Waals surface area (Å²) in [6.45, 7) is 0. The fourth-order valence-electron chi connectivity index (χ4n) is 7.66. The van der Waals surface area contributed by atoms with Crippen LogP contribution in [0.2, 0.25) is 0 Å². The number of para-hydroxylation sites is 2. The van der Waals surface area contributed by atoms with Crippen LogP contribution in [-0.2, 0) is 0 Å². The van der Waals surface area contributed by atoms with E-state index in [9.17, 15) is 10.5 Å². The minimum Gasteiger partial charge on any atom is -0.309 e. The third kappa shape index (κ3) is 3.95. The summed E-state index contributed by atoms with van der Waals surface area (Å²) in [5.41, 5.74) is 9.72. The quantitative estimate of drug-likeness (QED) is 0.193. The van der Waals surface area contributed by atoms with Crippen LogP contribution in [0.15, 0.2) is 146 Å². The molecule has 4 nitrogen and oxygen atoms in total. The van der Waals surface area contributed by atoms with Crippen LogP contribution in [-0.4, -0.2) is 9.13 Å². The maximum atomic E-state index is 10.0. The molecule has 226 valence electrons. The summed E-state index contributed by atoms with van der Waals surface area (Å²) in [4.78, 5) is 0. The first-order valence-electron chi connectivity index (χ1n) is 16.1. The Morgan fingerprint density at radius 1 is 0.469 bits per heavy atom. The van der Waals surface area contributed by atoms with Gasteiger partial charge < -0.3 is 9.13 Å². The lowest BCUT2D eigenvalue weighted by Gasteiger charge is -2.15. The number of nitriles is 2. The number of hydrogen-bond donors (Lipinski definition) is 0. The van der Waals surface area contributed by atoms with E-state index in [-0.39, 0.29) is 0 Å². The molecule has 5 heteroatoms. The number of thiophene rings is 1. The molecule has 0 spiro atoms. The van der Waals surface area contributed by atoms with Gasteiger partial charge in [0, 0.05) is 53.0 Å². The van der Waals surface area contributed by atoms with Gasteiger partial charge in [-0.2, -0.15) is 10.5 Å². The Labute approximate surface area is 285 Å². The van der Waals surface area contributed by atoms with Crippen LogP contribution >= 0.6 is 11.3 Å². The van der Waals surface area contributed by atoms with Crippen molar-refractivity contribution in [1.82, 2.24) is 9.13 Å². The number of rotatable bonds is 3. The normalized spacial score (nSPS) is 11.6. The maximum Gasteiger partial charge on any atom is 0.0992 e. The summed E-state index contributed by atoms with van der Waals surface area (Å²) in [5.74, 6) is 0. The molecular formula is C44H24N4S. The molecule has 0 unspecified atom stereocenters. The Kier molecular flexibility index (Phi) is 5.84. The van der Waals surface area contributed by atoms with Crippen molar-refractivity contribution in [3.05, 3.63) is 157 Å². The molecule has 0 saturated carbocycles. The van der Waals surface area contributed by atoms with E-state index in [1.165, 1.54) is 36.5 Å². The summed E-state index contributed by atoms with van der Waals surface area (Å²) in [6.07, 6.45) is 0. The van der Waals surface area contributed by atoms with Crippen molar-refractivity contribution < 1.29 is 0 Å². The molecule has 7 aromatic carbocycles. The number of aromatic nitrogens is 2. The smallest absolute Gasteiger partial charge is 0.0992 e. The van der Waals surface area contributed by atoms with Gasteiger partial charge in [0.05, 0.1) is 51.0 Å². The molecule has 49 heavy (non-hydrogen) atoms. The standard InChI is InChI=1S/C44H24N4S/c45-25-27-15-19-39-35(22-27)32-10-4-6-12-37(32)48(39)40-23-28(26-46)14-17-31(40)29-16-20-38-36(24-29)33-18-21-42-43(34-11-5-7-13-41(34)49-42)44(33)47(38)30-8-2-1-3-9-30/h1-24H. The molecule has 10 aromatic rings. The molecule has 0 bridgehead atoms. The fraction of sp³-hybridized carbons (Fsp3) is 0. The zero-order valence-corrected chi connectivity index (χ0v) is 26.9. The largest absolute Gasteiger partial charge is 0.309 e. The Balaban J connectivity index is 1.30. The van der Waals surface area contributed by atoms with Gasteiger partial charge in [0.15, 0.2) is 0 Å². The van der Waals surface area contributed by atoms with Gasteiger partial charge in [-0.05, 0) is 78.4 Å². The van der Waals surface area contributed by atoms with E-state index in [0.29, 0.717) is 11.1 Å². The molecule has 0 N–H and O–H groups in total. The summed E-state index contributed by atoms with van der Waals surface area (Å²) >= 11 is 1.84. The average Bonchev–Trinajstić information content (AvgIpc) is 3.82. The number of hydrogen-bond acceptors (Lipinski definition) is 3. The van der Waals surface area contributed by atoms with Gasteiger partial charge in [0.2, 0.25) is 0 Å². The average molecular weight is 641 g/mol. The van der Waals surface area contributed by atoms with Gasteiger partial charge in [-0.1, -0.05) is 72.8 Å². The Morgan fingerprint density at radius 2 is 1.14 bits per heavy atom. The number of nitrogens with zero attached hydrogens (tertiary/aromatic N) is 4. The summed E-state index contributed by atoms with van der Waals surface area (Å²) < 4.78 is 7.20. The molecule has 0 aliphatic heterocycles. The van der Waals surface area contributed by atoms with Gasteiger partial charge in [-0.15, -0.1) is 11.3 Å². The molecular weight excluding hydrogens is 617 g/mol. The van der Waals surface area contributed by atoms with E-state index in [4.69, 9.17) is 0 Å². The van der Waals surface area contributed by atoms with E-state index in [0.717, 1.165) is 49.8 Å². The minimum atomic E-state index is 0.590. The molecule has 3 aromatic heterocycles. The number of fused-ring (bicyclic) bond motifs is 10. The van der Waals surface area contributed by atoms with E-state index in [1.54, 1.807) is 0 Å². The Morgan fingerprint density at radius 3 is 2.00 bits per heavy atom. The topological polar surface area (TPSA) is 57.4 Å². The van der Waals surface area contributed by atoms with E-state index >= 15 is 0 Å². The predicted molar refractivity (Wildman–Crippen MR) is 203 cm³/mol. The second-order valence-corrected chi connectivity index (χ2v) is 13.5. The van der Waals surface area contributed by atoms with Gasteiger partial charge >= 0.3 is 0 Å². The van der Waals surface area contributed by atoms with Crippen LogP contribution < -0.4 is 0 Å². The Hall–Kier alpha value is -6.66. The summed E-state index contributed by atoms with van der Waals surface area (Å²) in [7, 11) is 0. The van der Waals surface area contributed by atoms with Crippen LogP contribution in [0.5, 0.6) is 0 Å². The minimum absolute atomic E-state index is 0.590. The van der Waals surface area contributed by atoms with Gasteiger partial charge in [-0.25, -0.2) is 0 Å². The van der Waals surface area contributed by atoms with E-state index in [2.05, 4.69) is 124 Å². The van der Waals surface area contributed by atoms with Gasteiger partial charge in [-0.3, -0.25) is 0 Å². The molecule has 0 amide bonds. The van der Waals surface area contributed by atoms with Crippen molar-refractivity contribution in [2.24, 2.45) is 0 Å². The molecule has 0 saturated heterocycles. The lowest BCUT2D eigenvalue weighted by molar-refractivity contribution is 1.18. The molecule has 0 atom stereocenters. The van der Waals surface area contributed by atoms with Crippen LogP contribution in [0.4, 0.5) is 0 Å². The van der Waals surface area contributed by atoms with Crippen molar-refractivity contribution in [2.75, 3.05) is 0 Å². The first-order chi connectivity index (χ1) is 24.2. The molecule has 0 aliphatic rings. The summed E-state index contributed by atoms with van der Waals surface area (Å²) in [6, 6.07) is 55.3. The highest BCUT2D eigenvalue weighted by Gasteiger charge is 2.21. The zero-order chi connectivity index (χ0) is 32.6. The summed E-state index contributed by atoms with van der Waals surface area (Å²) in [5, 5.41) is 26.7. The van der Waals surface area contributed by atoms with Gasteiger partial charge in [0.25, 0.3) is 0 Å². The molecule has 0 radical (unpaired) electrons. The second-order valence-electron chi connectivity index (χ2n) is 12.4. The monoisotopic (exact) mass is 640 g/mol. The van der Waals surface area contributed by atoms with Crippen molar-refractivity contribution in [2.45, 2.75) is 0 Å². The lowest BCUT2D eigenvalue weighted by Crippen LogP contribution is -1.98. The lowest BCUT2D eigenvalue weighted by atomic mass is 9.99. The first kappa shape index (κ1) is 27.5. The highest BCUT2D eigenvalue weighted by molar-refractivity contribution is 7.26. The predicted octanol–water partition coefficient (Wildman–Crippen LogP) is 11.7. The molecule has 0 fully saturated rings. The van der Waals surface area contributed by atoms with Crippen molar-refractivity contribution in [1.29, 1.82) is 10.5 Å². The second kappa shape index (κ2) is 10.4. The van der Waals surface area contributed by atoms with Crippen LogP contribution in [0.1, 0.15) is 11.1 Å². The highest BCUT2D eigenvalue weighted by atomic mass is 32.1. The number of benzene rings is 7. The maximum absolute atomic E-state index is 10.0. The van der Waals surface area contributed by atoms with Crippen molar-refractivity contribution in [3.63, 3.8) is 0 Å². The van der Waals surface area contributed by atoms with E-state index < -0.39 is 0 Å². The first-order valence-corrected chi connectivity index (χ1v) is 17.0. The molecule has 10 rings (SSSR count). The Bertz CT molecular complexity index is 3070. The van der Waals surface area contributed by atoms with Gasteiger partial charge in [0.1, 0.15) is 0 Å². The van der Waals surface area contributed by atoms with Crippen molar-refractivity contribution >= 4 is 75.1 Å². The third-order valence-corrected chi connectivity index (χ3v) is 10.9. The zero-order valence-electron chi connectivity index (χ0n) is 26.1. The highest BCUT2D eigenvalue weighted by Crippen LogP contribution is 2.44. The van der Waals surface area contributed by atoms with Crippen LogP contribution in [0, 0.1) is 22.7 Å².